The number of benzene rings is 2. The first-order chi connectivity index (χ1) is 16.1. The Kier molecular flexibility index (Phi) is 5.55. The van der Waals surface area contributed by atoms with Gasteiger partial charge in [0.2, 0.25) is 0 Å². The van der Waals surface area contributed by atoms with Crippen molar-refractivity contribution in [3.8, 4) is 5.75 Å². The lowest BCUT2D eigenvalue weighted by Crippen LogP contribution is -2.46. The minimum absolute atomic E-state index is 0.106. The summed E-state index contributed by atoms with van der Waals surface area (Å²) in [4.78, 5) is 27.8. The molecular weight excluding hydrogens is 432 g/mol. The first-order valence-electron chi connectivity index (χ1n) is 12.0. The normalized spacial score (nSPS) is 21.1. The van der Waals surface area contributed by atoms with Gasteiger partial charge in [-0.3, -0.25) is 9.80 Å². The van der Waals surface area contributed by atoms with E-state index < -0.39 is 11.6 Å². The van der Waals surface area contributed by atoms with Crippen molar-refractivity contribution in [2.24, 2.45) is 0 Å². The highest BCUT2D eigenvalue weighted by atomic mass is 16.6. The van der Waals surface area contributed by atoms with Gasteiger partial charge in [0.05, 0.1) is 12.1 Å². The highest BCUT2D eigenvalue weighted by Crippen LogP contribution is 2.38. The van der Waals surface area contributed by atoms with Gasteiger partial charge in [-0.1, -0.05) is 12.1 Å². The Morgan fingerprint density at radius 2 is 1.76 bits per heavy atom. The number of ether oxygens (including phenoxy) is 2. The molecule has 2 fully saturated rings. The second kappa shape index (κ2) is 8.31. The van der Waals surface area contributed by atoms with Crippen molar-refractivity contribution in [3.05, 3.63) is 58.7 Å². The third-order valence-electron chi connectivity index (χ3n) is 7.36. The molecule has 1 N–H and O–H groups in total. The van der Waals surface area contributed by atoms with Crippen LogP contribution < -0.4 is 9.64 Å². The van der Waals surface area contributed by atoms with Crippen molar-refractivity contribution in [2.75, 3.05) is 24.5 Å². The van der Waals surface area contributed by atoms with E-state index in [4.69, 9.17) is 14.6 Å². The summed E-state index contributed by atoms with van der Waals surface area (Å²) in [6.07, 6.45) is 3.27. The molecule has 180 valence electrons. The molecule has 0 saturated carbocycles. The van der Waals surface area contributed by atoms with Crippen LogP contribution in [0.15, 0.2) is 36.4 Å². The van der Waals surface area contributed by atoms with E-state index in [1.54, 1.807) is 17.0 Å². The summed E-state index contributed by atoms with van der Waals surface area (Å²) in [6.45, 7) is 9.52. The maximum Gasteiger partial charge on any atom is 0.415 e. The topological polar surface area (TPSA) is 79.3 Å². The van der Waals surface area contributed by atoms with Gasteiger partial charge in [0.25, 0.3) is 0 Å². The van der Waals surface area contributed by atoms with E-state index in [2.05, 4.69) is 37.8 Å². The van der Waals surface area contributed by atoms with E-state index in [0.29, 0.717) is 12.2 Å². The Hall–Kier alpha value is -3.06. The second-order valence-electron chi connectivity index (χ2n) is 10.5. The molecule has 0 aliphatic carbocycles. The van der Waals surface area contributed by atoms with Crippen LogP contribution in [0.25, 0.3) is 0 Å². The van der Waals surface area contributed by atoms with Gasteiger partial charge in [-0.15, -0.1) is 0 Å². The number of carboxylic acid groups (broad SMARTS) is 1. The summed E-state index contributed by atoms with van der Waals surface area (Å²) in [7, 11) is 0. The van der Waals surface area contributed by atoms with Gasteiger partial charge in [-0.05, 0) is 74.6 Å². The van der Waals surface area contributed by atoms with Crippen LogP contribution in [0.1, 0.15) is 60.2 Å². The van der Waals surface area contributed by atoms with Gasteiger partial charge in [-0.2, -0.15) is 0 Å². The average Bonchev–Trinajstić information content (AvgIpc) is 3.11. The van der Waals surface area contributed by atoms with Crippen LogP contribution >= 0.6 is 0 Å². The Morgan fingerprint density at radius 3 is 2.44 bits per heavy atom. The molecule has 2 aromatic rings. The molecule has 2 aromatic carbocycles. The van der Waals surface area contributed by atoms with Gasteiger partial charge in [-0.25, -0.2) is 9.59 Å². The van der Waals surface area contributed by atoms with E-state index in [0.717, 1.165) is 51.1 Å². The summed E-state index contributed by atoms with van der Waals surface area (Å²) in [5, 5.41) is 9.10. The fraction of sp³-hybridized carbons (Fsp3) is 0.481. The number of carboxylic acids is 1. The summed E-state index contributed by atoms with van der Waals surface area (Å²) in [6, 6.07) is 10.9. The summed E-state index contributed by atoms with van der Waals surface area (Å²) in [5.41, 5.74) is 4.09. The Morgan fingerprint density at radius 1 is 1.06 bits per heavy atom. The number of hydrogen-bond donors (Lipinski definition) is 1. The zero-order valence-corrected chi connectivity index (χ0v) is 20.1. The van der Waals surface area contributed by atoms with E-state index in [-0.39, 0.29) is 17.3 Å². The summed E-state index contributed by atoms with van der Waals surface area (Å²) >= 11 is 0. The number of hydrogen-bond acceptors (Lipinski definition) is 5. The average molecular weight is 465 g/mol. The fourth-order valence-electron chi connectivity index (χ4n) is 5.36. The monoisotopic (exact) mass is 464 g/mol. The van der Waals surface area contributed by atoms with Crippen LogP contribution in [0.3, 0.4) is 0 Å². The highest BCUT2D eigenvalue weighted by Gasteiger charge is 2.47. The summed E-state index contributed by atoms with van der Waals surface area (Å²) in [5.74, 6) is 0.0665. The Bertz CT molecular complexity index is 1120. The highest BCUT2D eigenvalue weighted by molar-refractivity contribution is 5.92. The van der Waals surface area contributed by atoms with Crippen LogP contribution in [-0.2, 0) is 17.7 Å². The molecule has 3 heterocycles. The number of anilines is 1. The first-order valence-corrected chi connectivity index (χ1v) is 12.0. The molecule has 1 spiro atoms. The number of carbonyl (C=O) groups excluding carboxylic acids is 1. The zero-order chi connectivity index (χ0) is 24.1. The molecule has 1 amide bonds. The van der Waals surface area contributed by atoms with Gasteiger partial charge in [0.1, 0.15) is 17.0 Å². The lowest BCUT2D eigenvalue weighted by atomic mass is 9.90. The predicted molar refractivity (Wildman–Crippen MR) is 129 cm³/mol. The number of amides is 1. The van der Waals surface area contributed by atoms with Crippen molar-refractivity contribution >= 4 is 17.7 Å². The van der Waals surface area contributed by atoms with Crippen molar-refractivity contribution in [1.82, 2.24) is 4.90 Å². The van der Waals surface area contributed by atoms with Crippen LogP contribution in [0.2, 0.25) is 0 Å². The number of nitrogens with zero attached hydrogens (tertiary/aromatic N) is 2. The van der Waals surface area contributed by atoms with Gasteiger partial charge < -0.3 is 14.6 Å². The van der Waals surface area contributed by atoms with E-state index in [1.165, 1.54) is 28.8 Å². The van der Waals surface area contributed by atoms with Crippen LogP contribution in [0.4, 0.5) is 10.5 Å². The van der Waals surface area contributed by atoms with Crippen LogP contribution in [0, 0.1) is 6.92 Å². The molecule has 2 saturated heterocycles. The molecule has 0 radical (unpaired) electrons. The summed E-state index contributed by atoms with van der Waals surface area (Å²) < 4.78 is 12.1. The molecule has 5 rings (SSSR count). The first kappa shape index (κ1) is 22.7. The maximum atomic E-state index is 12.6. The largest absolute Gasteiger partial charge is 0.487 e. The number of aromatic carboxylic acids is 1. The number of carbonyl (C=O) groups is 2. The smallest absolute Gasteiger partial charge is 0.415 e. The predicted octanol–water partition coefficient (Wildman–Crippen LogP) is 4.79. The molecule has 0 bridgehead atoms. The molecule has 7 heteroatoms. The van der Waals surface area contributed by atoms with Crippen molar-refractivity contribution in [3.63, 3.8) is 0 Å². The quantitative estimate of drug-likeness (QED) is 0.701. The van der Waals surface area contributed by atoms with Gasteiger partial charge >= 0.3 is 12.1 Å². The minimum Gasteiger partial charge on any atom is -0.487 e. The molecule has 7 nitrogen and oxygen atoms in total. The van der Waals surface area contributed by atoms with E-state index >= 15 is 0 Å². The molecule has 3 aliphatic heterocycles. The molecule has 34 heavy (non-hydrogen) atoms. The number of fused-ring (bicyclic) bond motifs is 1. The fourth-order valence-corrected chi connectivity index (χ4v) is 5.36. The zero-order valence-electron chi connectivity index (χ0n) is 20.1. The second-order valence-corrected chi connectivity index (χ2v) is 10.5. The third kappa shape index (κ3) is 4.37. The van der Waals surface area contributed by atoms with E-state index in [1.807, 2.05) is 0 Å². The number of aryl methyl sites for hydroxylation is 2. The SMILES string of the molecule is Cc1cc(CN2CCC3(CC2)CN(c2ccc(C(=O)O)cc2)C(=O)O3)cc2c1OC(C)(C)CC2. The minimum atomic E-state index is -0.982. The van der Waals surface area contributed by atoms with Crippen molar-refractivity contribution in [2.45, 2.75) is 64.2 Å². The standard InChI is InChI=1S/C27H32N2O5/c1-18-14-19(15-21-8-9-26(2,3)33-23(18)21)16-28-12-10-27(11-13-28)17-29(25(32)34-27)22-6-4-20(5-7-22)24(30)31/h4-7,14-15H,8-13,16-17H2,1-3H3,(H,30,31). The van der Waals surface area contributed by atoms with Crippen LogP contribution in [-0.4, -0.2) is 52.9 Å². The van der Waals surface area contributed by atoms with Gasteiger partial charge in [0, 0.05) is 38.2 Å². The van der Waals surface area contributed by atoms with Crippen LogP contribution in [0.5, 0.6) is 5.75 Å². The molecule has 0 unspecified atom stereocenters. The van der Waals surface area contributed by atoms with Gasteiger partial charge in [0.15, 0.2) is 0 Å². The lowest BCUT2D eigenvalue weighted by molar-refractivity contribution is -0.000997. The van der Waals surface area contributed by atoms with Crippen molar-refractivity contribution < 1.29 is 24.2 Å². The number of rotatable bonds is 4. The molecule has 0 atom stereocenters. The number of piperidine rings is 1. The maximum absolute atomic E-state index is 12.6. The van der Waals surface area contributed by atoms with E-state index in [9.17, 15) is 9.59 Å². The Balaban J connectivity index is 1.22. The lowest BCUT2D eigenvalue weighted by Gasteiger charge is -2.38. The molecule has 3 aliphatic rings. The molecule has 0 aromatic heterocycles. The third-order valence-corrected chi connectivity index (χ3v) is 7.36. The molecular formula is C27H32N2O5. The van der Waals surface area contributed by atoms with Crippen molar-refractivity contribution in [1.29, 1.82) is 0 Å². The number of likely N-dealkylation sites (tertiary alicyclic amines) is 1. The Labute approximate surface area is 200 Å².